The highest BCUT2D eigenvalue weighted by Crippen LogP contribution is 2.23. The van der Waals surface area contributed by atoms with Crippen LogP contribution >= 0.6 is 0 Å². The minimum atomic E-state index is -0.234. The van der Waals surface area contributed by atoms with Crippen molar-refractivity contribution in [1.29, 1.82) is 5.41 Å². The molecule has 1 fully saturated rings. The zero-order chi connectivity index (χ0) is 24.3. The molecule has 11 heteroatoms. The number of pyridine rings is 2. The predicted molar refractivity (Wildman–Crippen MR) is 147 cm³/mol. The van der Waals surface area contributed by atoms with Crippen LogP contribution in [0.2, 0.25) is 0 Å². The van der Waals surface area contributed by atoms with Crippen LogP contribution in [0.1, 0.15) is 15.9 Å². The number of hydrogen-bond donors (Lipinski definition) is 3. The number of nitrogens with two attached hydrogens (primary N) is 1. The van der Waals surface area contributed by atoms with Crippen molar-refractivity contribution in [2.24, 2.45) is 5.73 Å². The van der Waals surface area contributed by atoms with E-state index in [1.165, 1.54) is 12.4 Å². The van der Waals surface area contributed by atoms with Crippen molar-refractivity contribution in [3.63, 3.8) is 0 Å². The molecule has 1 aliphatic heterocycles. The van der Waals surface area contributed by atoms with Crippen molar-refractivity contribution < 1.29 is 4.79 Å². The Kier molecular flexibility index (Phi) is 6.74. The van der Waals surface area contributed by atoms with E-state index in [9.17, 15) is 4.79 Å². The van der Waals surface area contributed by atoms with Crippen LogP contribution < -0.4 is 16.0 Å². The lowest BCUT2D eigenvalue weighted by molar-refractivity contribution is 0.102. The first-order valence-electron chi connectivity index (χ1n) is 11.4. The van der Waals surface area contributed by atoms with Crippen LogP contribution in [-0.4, -0.2) is 81.9 Å². The van der Waals surface area contributed by atoms with Gasteiger partial charge in [-0.25, -0.2) is 9.97 Å². The molecule has 4 N–H and O–H groups in total. The van der Waals surface area contributed by atoms with E-state index in [1.807, 2.05) is 30.3 Å². The molecule has 4 rings (SSSR count). The number of anilines is 2. The predicted octanol–water partition coefficient (Wildman–Crippen LogP) is -0.536. The van der Waals surface area contributed by atoms with E-state index in [1.54, 1.807) is 18.5 Å². The third-order valence-electron chi connectivity index (χ3n) is 6.19. The molecule has 0 bridgehead atoms. The van der Waals surface area contributed by atoms with E-state index in [4.69, 9.17) is 11.1 Å². The van der Waals surface area contributed by atoms with Gasteiger partial charge in [-0.1, -0.05) is 17.4 Å². The Bertz CT molecular complexity index is 1250. The molecule has 1 amide bonds. The number of hydrogen-bond acceptors (Lipinski definition) is 7. The Morgan fingerprint density at radius 3 is 2.47 bits per heavy atom. The molecule has 3 heterocycles. The van der Waals surface area contributed by atoms with Crippen molar-refractivity contribution in [2.45, 2.75) is 5.24 Å². The van der Waals surface area contributed by atoms with Crippen LogP contribution in [0.25, 0.3) is 16.3 Å². The maximum absolute atomic E-state index is 13.0. The summed E-state index contributed by atoms with van der Waals surface area (Å²) in [6.45, 7) is 3.67. The highest BCUT2D eigenvalue weighted by molar-refractivity contribution is 6.59. The van der Waals surface area contributed by atoms with E-state index < -0.39 is 0 Å². The Balaban J connectivity index is 1.49. The summed E-state index contributed by atoms with van der Waals surface area (Å²) in [6.07, 6.45) is 6.02. The highest BCUT2D eigenvalue weighted by Gasteiger charge is 2.26. The van der Waals surface area contributed by atoms with Crippen molar-refractivity contribution in [2.75, 3.05) is 36.4 Å². The Morgan fingerprint density at radius 2 is 1.79 bits per heavy atom. The number of nitrogens with zero attached hydrogens (tertiary/aromatic N) is 4. The first-order chi connectivity index (χ1) is 16.3. The van der Waals surface area contributed by atoms with Crippen LogP contribution in [0.15, 0.2) is 55.0 Å². The number of benzene rings is 1. The maximum Gasteiger partial charge on any atom is 0.257 e. The topological polar surface area (TPSA) is 111 Å². The zero-order valence-electron chi connectivity index (χ0n) is 19.9. The van der Waals surface area contributed by atoms with E-state index in [0.29, 0.717) is 17.0 Å². The lowest BCUT2D eigenvalue weighted by Gasteiger charge is -2.43. The van der Waals surface area contributed by atoms with Crippen LogP contribution in [0.4, 0.5) is 11.6 Å². The van der Waals surface area contributed by atoms with Gasteiger partial charge >= 0.3 is 0 Å². The first-order valence-corrected chi connectivity index (χ1v) is 11.4. The van der Waals surface area contributed by atoms with Crippen LogP contribution in [0.5, 0.6) is 0 Å². The third kappa shape index (κ3) is 5.15. The SMILES string of the molecule is BC(B)(B)N1CCN(c2cc(C(=O)Nc3cc4cc(/C(C=N)=C/N)ccc4cn3)ccn2)CC1. The van der Waals surface area contributed by atoms with Gasteiger partial charge in [-0.15, -0.1) is 0 Å². The number of nitrogens with one attached hydrogen (secondary N) is 2. The quantitative estimate of drug-likeness (QED) is 0.344. The van der Waals surface area contributed by atoms with E-state index in [-0.39, 0.29) is 11.1 Å². The lowest BCUT2D eigenvalue weighted by atomic mass is 9.48. The second-order valence-electron chi connectivity index (χ2n) is 9.40. The molecule has 0 unspecified atom stereocenters. The maximum atomic E-state index is 13.0. The summed E-state index contributed by atoms with van der Waals surface area (Å²) in [5.41, 5.74) is 7.61. The molecule has 1 aliphatic rings. The molecule has 0 aliphatic carbocycles. The summed E-state index contributed by atoms with van der Waals surface area (Å²) in [6, 6.07) is 11.1. The summed E-state index contributed by atoms with van der Waals surface area (Å²) >= 11 is 0. The normalized spacial score (nSPS) is 15.3. The number of carbonyl (C=O) groups is 1. The van der Waals surface area contributed by atoms with Crippen molar-refractivity contribution in [1.82, 2.24) is 14.9 Å². The fraction of sp³-hybridized carbons (Fsp3) is 0.217. The molecular weight excluding hydrogens is 423 g/mol. The van der Waals surface area contributed by atoms with Gasteiger partial charge in [-0.3, -0.25) is 4.79 Å². The highest BCUT2D eigenvalue weighted by atomic mass is 16.1. The second kappa shape index (κ2) is 9.73. The van der Waals surface area contributed by atoms with Crippen molar-refractivity contribution >= 4 is 63.6 Å². The number of piperazine rings is 1. The van der Waals surface area contributed by atoms with Crippen LogP contribution in [-0.2, 0) is 0 Å². The van der Waals surface area contributed by atoms with E-state index >= 15 is 0 Å². The van der Waals surface area contributed by atoms with Crippen molar-refractivity contribution in [3.05, 3.63) is 66.1 Å². The molecule has 8 nitrogen and oxygen atoms in total. The van der Waals surface area contributed by atoms with Crippen molar-refractivity contribution in [3.8, 4) is 0 Å². The van der Waals surface area contributed by atoms with Gasteiger partial charge in [-0.2, -0.15) is 0 Å². The van der Waals surface area contributed by atoms with E-state index in [2.05, 4.69) is 48.6 Å². The number of amides is 1. The zero-order valence-corrected chi connectivity index (χ0v) is 19.9. The molecule has 3 aromatic rings. The second-order valence-corrected chi connectivity index (χ2v) is 9.40. The molecule has 0 spiro atoms. The lowest BCUT2D eigenvalue weighted by Crippen LogP contribution is -2.58. The van der Waals surface area contributed by atoms with Crippen LogP contribution in [0, 0.1) is 5.41 Å². The number of allylic oxidation sites excluding steroid dienone is 1. The average Bonchev–Trinajstić information content (AvgIpc) is 2.84. The Morgan fingerprint density at radius 1 is 1.03 bits per heavy atom. The summed E-state index contributed by atoms with van der Waals surface area (Å²) in [5.74, 6) is 1.03. The van der Waals surface area contributed by atoms with Gasteiger partial charge in [0.2, 0.25) is 0 Å². The fourth-order valence-electron chi connectivity index (χ4n) is 4.14. The minimum Gasteiger partial charge on any atom is -0.404 e. The van der Waals surface area contributed by atoms with Gasteiger partial charge in [0.05, 0.1) is 0 Å². The monoisotopic (exact) mass is 451 g/mol. The third-order valence-corrected chi connectivity index (χ3v) is 6.19. The number of fused-ring (bicyclic) bond motifs is 1. The summed E-state index contributed by atoms with van der Waals surface area (Å²) in [5, 5.41) is 12.4. The summed E-state index contributed by atoms with van der Waals surface area (Å²) < 4.78 is 0. The smallest absolute Gasteiger partial charge is 0.257 e. The van der Waals surface area contributed by atoms with Gasteiger partial charge in [-0.05, 0) is 35.2 Å². The first kappa shape index (κ1) is 23.6. The number of carbonyl (C=O) groups excluding carboxylic acids is 1. The molecule has 0 radical (unpaired) electrons. The minimum absolute atomic E-state index is 0.149. The van der Waals surface area contributed by atoms with Crippen LogP contribution in [0.3, 0.4) is 0 Å². The summed E-state index contributed by atoms with van der Waals surface area (Å²) in [7, 11) is 6.69. The molecule has 34 heavy (non-hydrogen) atoms. The fourth-order valence-corrected chi connectivity index (χ4v) is 4.14. The Labute approximate surface area is 202 Å². The van der Waals surface area contributed by atoms with Gasteiger partial charge in [0.15, 0.2) is 0 Å². The summed E-state index contributed by atoms with van der Waals surface area (Å²) in [4.78, 5) is 26.5. The largest absolute Gasteiger partial charge is 0.404 e. The van der Waals surface area contributed by atoms with Gasteiger partial charge < -0.3 is 26.3 Å². The molecule has 0 saturated carbocycles. The average molecular weight is 451 g/mol. The molecule has 170 valence electrons. The van der Waals surface area contributed by atoms with Gasteiger partial charge in [0.1, 0.15) is 35.2 Å². The van der Waals surface area contributed by atoms with Gasteiger partial charge in [0.25, 0.3) is 5.91 Å². The number of aromatic nitrogens is 2. The molecule has 1 saturated heterocycles. The molecule has 1 aromatic carbocycles. The molecule has 0 atom stereocenters. The number of rotatable bonds is 6. The molecule has 2 aromatic heterocycles. The van der Waals surface area contributed by atoms with E-state index in [0.717, 1.165) is 48.3 Å². The van der Waals surface area contributed by atoms with Gasteiger partial charge in [0, 0.05) is 67.5 Å². The molecular formula is C23H28B3N7O. The Hall–Kier alpha value is -3.59. The standard InChI is InChI=1S/C23H28B3N7O/c24-23(25,26)33-7-5-32(6-8-33)21-11-16(3-4-29-21)22(34)31-20-10-18-9-15(19(12-27)13-28)1-2-17(18)14-30-20/h1-4,9-14,27H,5-8,24-26,28H2,(H,30,31,34)/b19-13+,27-12?.